The van der Waals surface area contributed by atoms with Crippen molar-refractivity contribution in [3.63, 3.8) is 0 Å². The second-order valence-electron chi connectivity index (χ2n) is 2.99. The van der Waals surface area contributed by atoms with Crippen LogP contribution in [-0.2, 0) is 0 Å². The Kier molecular flexibility index (Phi) is 4.39. The number of thiazole rings is 1. The molecule has 0 aromatic carbocycles. The monoisotopic (exact) mass is 302 g/mol. The van der Waals surface area contributed by atoms with Crippen molar-refractivity contribution < 1.29 is 13.2 Å². The molecule has 1 aromatic rings. The van der Waals surface area contributed by atoms with E-state index in [0.717, 1.165) is 0 Å². The number of nitrogens with zero attached hydrogens (tertiary/aromatic N) is 2. The van der Waals surface area contributed by atoms with E-state index in [9.17, 15) is 13.2 Å². The van der Waals surface area contributed by atoms with E-state index in [1.54, 1.807) is 5.38 Å². The lowest BCUT2D eigenvalue weighted by molar-refractivity contribution is -0.119. The predicted molar refractivity (Wildman–Crippen MR) is 58.4 cm³/mol. The molecule has 0 amide bonds. The molecular weight excluding hydrogens is 293 g/mol. The molecule has 0 radical (unpaired) electrons. The van der Waals surface area contributed by atoms with Crippen LogP contribution in [0.4, 0.5) is 18.3 Å². The van der Waals surface area contributed by atoms with Gasteiger partial charge in [0.05, 0.1) is 0 Å². The van der Waals surface area contributed by atoms with Gasteiger partial charge in [-0.05, 0) is 22.4 Å². The second kappa shape index (κ2) is 5.16. The summed E-state index contributed by atoms with van der Waals surface area (Å²) in [7, 11) is 0. The molecule has 1 aromatic heterocycles. The van der Waals surface area contributed by atoms with Gasteiger partial charge in [0, 0.05) is 11.9 Å². The summed E-state index contributed by atoms with van der Waals surface area (Å²) in [5.41, 5.74) is 0. The minimum absolute atomic E-state index is 0.361. The van der Waals surface area contributed by atoms with Gasteiger partial charge in [-0.15, -0.1) is 11.3 Å². The van der Waals surface area contributed by atoms with Crippen LogP contribution in [0.2, 0.25) is 0 Å². The molecule has 1 heterocycles. The Morgan fingerprint density at radius 2 is 2.20 bits per heavy atom. The van der Waals surface area contributed by atoms with Gasteiger partial charge in [0.1, 0.15) is 11.1 Å². The van der Waals surface area contributed by atoms with Crippen LogP contribution >= 0.6 is 27.3 Å². The fraction of sp³-hybridized carbons (Fsp3) is 0.625. The Bertz CT molecular complexity index is 313. The molecule has 0 spiro atoms. The second-order valence-corrected chi connectivity index (χ2v) is 4.64. The van der Waals surface area contributed by atoms with E-state index >= 15 is 0 Å². The van der Waals surface area contributed by atoms with Crippen LogP contribution < -0.4 is 4.90 Å². The third kappa shape index (κ3) is 4.38. The molecule has 1 rings (SSSR count). The first-order valence-corrected chi connectivity index (χ1v) is 6.02. The zero-order valence-electron chi connectivity index (χ0n) is 8.01. The summed E-state index contributed by atoms with van der Waals surface area (Å²) in [6.45, 7) is 1.26. The summed E-state index contributed by atoms with van der Waals surface area (Å²) in [4.78, 5) is 5.22. The molecule has 0 saturated heterocycles. The van der Waals surface area contributed by atoms with Gasteiger partial charge in [0.15, 0.2) is 5.13 Å². The highest BCUT2D eigenvalue weighted by molar-refractivity contribution is 9.10. The number of halogens is 4. The van der Waals surface area contributed by atoms with Crippen LogP contribution in [0, 0.1) is 0 Å². The number of hydrogen-bond donors (Lipinski definition) is 0. The summed E-state index contributed by atoms with van der Waals surface area (Å²) in [5.74, 6) is 0. The van der Waals surface area contributed by atoms with Crippen LogP contribution in [0.1, 0.15) is 13.3 Å². The van der Waals surface area contributed by atoms with Crippen molar-refractivity contribution in [2.24, 2.45) is 0 Å². The van der Waals surface area contributed by atoms with Crippen LogP contribution in [0.15, 0.2) is 9.98 Å². The van der Waals surface area contributed by atoms with Crippen LogP contribution in [0.25, 0.3) is 0 Å². The maximum atomic E-state index is 12.2. The molecule has 0 aliphatic carbocycles. The molecule has 2 nitrogen and oxygen atoms in total. The van der Waals surface area contributed by atoms with E-state index in [4.69, 9.17) is 0 Å². The molecule has 0 N–H and O–H groups in total. The molecule has 7 heteroatoms. The number of anilines is 1. The minimum Gasteiger partial charge on any atom is -0.339 e. The number of alkyl halides is 3. The predicted octanol–water partition coefficient (Wildman–Crippen LogP) is 3.68. The molecule has 0 aliphatic heterocycles. The van der Waals surface area contributed by atoms with E-state index in [1.807, 2.05) is 6.92 Å². The fourth-order valence-electron chi connectivity index (χ4n) is 1.12. The Balaban J connectivity index is 2.74. The summed E-state index contributed by atoms with van der Waals surface area (Å²) >= 11 is 4.33. The van der Waals surface area contributed by atoms with Crippen molar-refractivity contribution in [3.05, 3.63) is 9.98 Å². The highest BCUT2D eigenvalue weighted by Crippen LogP contribution is 2.27. The van der Waals surface area contributed by atoms with E-state index in [2.05, 4.69) is 20.9 Å². The van der Waals surface area contributed by atoms with Crippen molar-refractivity contribution in [3.8, 4) is 0 Å². The molecule has 86 valence electrons. The molecule has 0 bridgehead atoms. The van der Waals surface area contributed by atoms with E-state index in [0.29, 0.717) is 22.7 Å². The van der Waals surface area contributed by atoms with Crippen molar-refractivity contribution >= 4 is 32.4 Å². The topological polar surface area (TPSA) is 16.1 Å². The fourth-order valence-corrected chi connectivity index (χ4v) is 2.40. The van der Waals surface area contributed by atoms with E-state index in [-0.39, 0.29) is 0 Å². The van der Waals surface area contributed by atoms with Gasteiger partial charge in [-0.25, -0.2) is 4.98 Å². The highest BCUT2D eigenvalue weighted by Gasteiger charge is 2.31. The van der Waals surface area contributed by atoms with E-state index < -0.39 is 12.7 Å². The van der Waals surface area contributed by atoms with Crippen molar-refractivity contribution in [1.82, 2.24) is 4.98 Å². The van der Waals surface area contributed by atoms with E-state index in [1.165, 1.54) is 16.2 Å². The SMILES string of the molecule is CCCN(CC(F)(F)F)c1nc(Br)cs1. The standard InChI is InChI=1S/C8H10BrF3N2S/c1-2-3-14(5-8(10,11)12)7-13-6(9)4-15-7/h4H,2-3,5H2,1H3. The quantitative estimate of drug-likeness (QED) is 0.843. The lowest BCUT2D eigenvalue weighted by Gasteiger charge is -2.22. The third-order valence-electron chi connectivity index (χ3n) is 1.60. The molecule has 0 fully saturated rings. The largest absolute Gasteiger partial charge is 0.406 e. The first-order valence-electron chi connectivity index (χ1n) is 4.35. The van der Waals surface area contributed by atoms with Crippen molar-refractivity contribution in [1.29, 1.82) is 0 Å². The van der Waals surface area contributed by atoms with Gasteiger partial charge >= 0.3 is 6.18 Å². The van der Waals surface area contributed by atoms with Gasteiger partial charge in [0.2, 0.25) is 0 Å². The lowest BCUT2D eigenvalue weighted by Crippen LogP contribution is -2.34. The third-order valence-corrected chi connectivity index (χ3v) is 3.21. The summed E-state index contributed by atoms with van der Waals surface area (Å²) in [5, 5.41) is 2.08. The Labute approximate surface area is 98.2 Å². The molecule has 0 saturated carbocycles. The first-order chi connectivity index (χ1) is 6.92. The van der Waals surface area contributed by atoms with Crippen molar-refractivity contribution in [2.45, 2.75) is 19.5 Å². The Morgan fingerprint density at radius 3 is 2.60 bits per heavy atom. The van der Waals surface area contributed by atoms with Gasteiger partial charge in [-0.3, -0.25) is 0 Å². The minimum atomic E-state index is -4.19. The maximum Gasteiger partial charge on any atom is 0.406 e. The molecule has 0 atom stereocenters. The van der Waals surface area contributed by atoms with Gasteiger partial charge < -0.3 is 4.90 Å². The number of aromatic nitrogens is 1. The maximum absolute atomic E-state index is 12.2. The van der Waals surface area contributed by atoms with Gasteiger partial charge in [-0.2, -0.15) is 13.2 Å². The first kappa shape index (κ1) is 12.8. The Hall–Kier alpha value is -0.300. The summed E-state index contributed by atoms with van der Waals surface area (Å²) < 4.78 is 37.3. The number of rotatable bonds is 4. The number of hydrogen-bond acceptors (Lipinski definition) is 3. The van der Waals surface area contributed by atoms with Gasteiger partial charge in [0.25, 0.3) is 0 Å². The lowest BCUT2D eigenvalue weighted by atomic mass is 10.4. The summed E-state index contributed by atoms with van der Waals surface area (Å²) in [6, 6.07) is 0. The molecule has 15 heavy (non-hydrogen) atoms. The Morgan fingerprint density at radius 1 is 1.53 bits per heavy atom. The van der Waals surface area contributed by atoms with Crippen LogP contribution in [0.5, 0.6) is 0 Å². The smallest absolute Gasteiger partial charge is 0.339 e. The average Bonchev–Trinajstić information content (AvgIpc) is 2.48. The van der Waals surface area contributed by atoms with Gasteiger partial charge in [-0.1, -0.05) is 6.92 Å². The zero-order chi connectivity index (χ0) is 11.5. The average molecular weight is 303 g/mol. The normalized spacial score (nSPS) is 11.8. The molecule has 0 unspecified atom stereocenters. The zero-order valence-corrected chi connectivity index (χ0v) is 10.4. The highest BCUT2D eigenvalue weighted by atomic mass is 79.9. The molecular formula is C8H10BrF3N2S. The molecule has 0 aliphatic rings. The summed E-state index contributed by atoms with van der Waals surface area (Å²) in [6.07, 6.45) is -3.53. The van der Waals surface area contributed by atoms with Crippen molar-refractivity contribution in [2.75, 3.05) is 18.0 Å². The van der Waals surface area contributed by atoms with Crippen LogP contribution in [-0.4, -0.2) is 24.2 Å². The van der Waals surface area contributed by atoms with Crippen LogP contribution in [0.3, 0.4) is 0 Å².